The molecule has 5 heterocycles. The smallest absolute Gasteiger partial charge is 0.477 e. The standard InChI is InChI=1S/C56H88N4O17/c1-16-41-56(10)48(76-53(67)77-56)34(6)59(13)28-30(2)26-54(8,68)47(75-52-45(63)40(58(11)12)24-31(3)70-52)32(4)46(33(5)51(66)72-41)74-43-27-55(9,69-15)49(35(7)71-43)73-42(61)21-23-57-22-17-18-36-19-20-39-37(25-36)44(62)38(50(64)65)29-60(39)14/h19-20,25,29-35,40-41,43,45-49,52,57,63,68H,16-18,21-24,26-28H2,1-15H3,(H,64,65)/t30-,31+,32-,33+,34+,35-,40-,41+,43-,45-,46-,47+,48?,49-,52?,54?,55?,56?/m0/s1. The van der Waals surface area contributed by atoms with E-state index in [-0.39, 0.29) is 49.3 Å². The van der Waals surface area contributed by atoms with Gasteiger partial charge in [-0.1, -0.05) is 26.8 Å². The number of ether oxygens (including phenoxy) is 9. The number of pyridine rings is 1. The summed E-state index contributed by atoms with van der Waals surface area (Å²) in [5.41, 5.74) is -3.43. The molecule has 21 nitrogen and oxygen atoms in total. The van der Waals surface area contributed by atoms with Crippen LogP contribution in [0.4, 0.5) is 4.79 Å². The lowest BCUT2D eigenvalue weighted by Crippen LogP contribution is -2.61. The zero-order valence-corrected chi connectivity index (χ0v) is 47.9. The number of carbonyl (C=O) groups excluding carboxylic acids is 3. The summed E-state index contributed by atoms with van der Waals surface area (Å²) in [7, 11) is 8.87. The number of hydrogen-bond donors (Lipinski definition) is 4. The molecule has 0 saturated carbocycles. The largest absolute Gasteiger partial charge is 0.509 e. The summed E-state index contributed by atoms with van der Waals surface area (Å²) in [6.45, 7) is 19.4. The van der Waals surface area contributed by atoms with Crippen molar-refractivity contribution in [3.8, 4) is 0 Å². The fourth-order valence-electron chi connectivity index (χ4n) is 12.3. The molecule has 0 radical (unpaired) electrons. The first-order valence-electron chi connectivity index (χ1n) is 27.4. The molecule has 434 valence electrons. The number of aromatic nitrogens is 1. The Labute approximate surface area is 453 Å². The van der Waals surface area contributed by atoms with Crippen molar-refractivity contribution in [3.63, 3.8) is 0 Å². The first-order chi connectivity index (χ1) is 36.0. The number of aryl methyl sites for hydroxylation is 2. The molecule has 5 unspecified atom stereocenters. The van der Waals surface area contributed by atoms with Crippen LogP contribution in [0.2, 0.25) is 0 Å². The average Bonchev–Trinajstić information content (AvgIpc) is 3.67. The molecule has 4 fully saturated rings. The van der Waals surface area contributed by atoms with Crippen LogP contribution in [0.5, 0.6) is 0 Å². The average molecular weight is 1090 g/mol. The van der Waals surface area contributed by atoms with Gasteiger partial charge in [-0.3, -0.25) is 19.3 Å². The molecule has 21 heteroatoms. The molecule has 0 bridgehead atoms. The van der Waals surface area contributed by atoms with Gasteiger partial charge in [-0.15, -0.1) is 0 Å². The first-order valence-corrected chi connectivity index (χ1v) is 27.4. The maximum absolute atomic E-state index is 14.8. The number of methoxy groups -OCH3 is 1. The van der Waals surface area contributed by atoms with Crippen molar-refractivity contribution in [3.05, 3.63) is 45.7 Å². The highest BCUT2D eigenvalue weighted by Crippen LogP contribution is 2.42. The lowest BCUT2D eigenvalue weighted by molar-refractivity contribution is -0.318. The Morgan fingerprint density at radius 2 is 1.65 bits per heavy atom. The molecule has 77 heavy (non-hydrogen) atoms. The summed E-state index contributed by atoms with van der Waals surface area (Å²) in [5, 5.41) is 37.8. The molecule has 6 rings (SSSR count). The van der Waals surface area contributed by atoms with E-state index in [1.165, 1.54) is 13.3 Å². The van der Waals surface area contributed by atoms with Crippen molar-refractivity contribution >= 4 is 35.0 Å². The number of aromatic carboxylic acids is 1. The zero-order chi connectivity index (χ0) is 57.1. The second kappa shape index (κ2) is 25.4. The van der Waals surface area contributed by atoms with Crippen LogP contribution in [-0.2, 0) is 65.7 Å². The molecule has 1 aromatic carbocycles. The van der Waals surface area contributed by atoms with Crippen molar-refractivity contribution in [2.75, 3.05) is 47.9 Å². The van der Waals surface area contributed by atoms with Crippen molar-refractivity contribution in [2.24, 2.45) is 24.8 Å². The quantitative estimate of drug-likeness (QED) is 0.100. The number of carboxylic acids is 1. The number of carboxylic acid groups (broad SMARTS) is 1. The summed E-state index contributed by atoms with van der Waals surface area (Å²) < 4.78 is 58.6. The fourth-order valence-corrected chi connectivity index (χ4v) is 12.3. The van der Waals surface area contributed by atoms with E-state index in [1.807, 2.05) is 77.7 Å². The van der Waals surface area contributed by atoms with Crippen LogP contribution >= 0.6 is 0 Å². The summed E-state index contributed by atoms with van der Waals surface area (Å²) in [6.07, 6.45) is -6.38. The van der Waals surface area contributed by atoms with Crippen LogP contribution < -0.4 is 10.7 Å². The van der Waals surface area contributed by atoms with Crippen molar-refractivity contribution in [1.82, 2.24) is 19.7 Å². The summed E-state index contributed by atoms with van der Waals surface area (Å²) >= 11 is 0. The van der Waals surface area contributed by atoms with Crippen molar-refractivity contribution in [1.29, 1.82) is 0 Å². The number of aliphatic hydroxyl groups is 2. The third-order valence-electron chi connectivity index (χ3n) is 16.7. The molecule has 1 aromatic heterocycles. The number of rotatable bonds is 16. The molecule has 2 aromatic rings. The Hall–Kier alpha value is -4.29. The third kappa shape index (κ3) is 14.0. The van der Waals surface area contributed by atoms with E-state index in [2.05, 4.69) is 5.32 Å². The second-order valence-electron chi connectivity index (χ2n) is 23.3. The highest BCUT2D eigenvalue weighted by Gasteiger charge is 2.58. The minimum absolute atomic E-state index is 0.0403. The molecule has 4 aliphatic heterocycles. The molecule has 4 aliphatic rings. The topological polar surface area (TPSA) is 253 Å². The number of aliphatic hydroxyl groups excluding tert-OH is 1. The van der Waals surface area contributed by atoms with E-state index in [1.54, 1.807) is 52.3 Å². The number of carbonyl (C=O) groups is 4. The Morgan fingerprint density at radius 3 is 2.30 bits per heavy atom. The van der Waals surface area contributed by atoms with E-state index in [0.717, 1.165) is 5.56 Å². The van der Waals surface area contributed by atoms with Gasteiger partial charge in [-0.05, 0) is 132 Å². The van der Waals surface area contributed by atoms with E-state index in [4.69, 9.17) is 42.6 Å². The van der Waals surface area contributed by atoms with E-state index >= 15 is 0 Å². The molecule has 18 atom stereocenters. The normalized spacial score (nSPS) is 37.8. The minimum Gasteiger partial charge on any atom is -0.477 e. The Bertz CT molecular complexity index is 2440. The molecule has 0 aliphatic carbocycles. The van der Waals surface area contributed by atoms with Crippen molar-refractivity contribution in [2.45, 2.75) is 204 Å². The van der Waals surface area contributed by atoms with E-state index < -0.39 is 119 Å². The van der Waals surface area contributed by atoms with Gasteiger partial charge in [0.05, 0.1) is 47.9 Å². The number of benzene rings is 1. The maximum Gasteiger partial charge on any atom is 0.509 e. The Kier molecular flexibility index (Phi) is 20.5. The number of nitrogens with one attached hydrogen (secondary N) is 1. The lowest BCUT2D eigenvalue weighted by Gasteiger charge is -2.49. The van der Waals surface area contributed by atoms with E-state index in [0.29, 0.717) is 49.8 Å². The highest BCUT2D eigenvalue weighted by atomic mass is 16.8. The van der Waals surface area contributed by atoms with Gasteiger partial charge in [0.2, 0.25) is 5.43 Å². The zero-order valence-electron chi connectivity index (χ0n) is 47.9. The van der Waals surface area contributed by atoms with Gasteiger partial charge in [0.25, 0.3) is 0 Å². The number of hydrogen-bond acceptors (Lipinski definition) is 19. The minimum atomic E-state index is -1.63. The van der Waals surface area contributed by atoms with Gasteiger partial charge in [-0.2, -0.15) is 0 Å². The predicted molar refractivity (Wildman–Crippen MR) is 283 cm³/mol. The van der Waals surface area contributed by atoms with Crippen LogP contribution in [0.25, 0.3) is 10.9 Å². The SMILES string of the molecule is CC[C@H]1OC(=O)[C@H](C)[C@@H](O[C@H]2CC(C)(OC)[C@@H](OC(=O)CCNCCCc3ccc4c(c3)c(=O)c(C(=O)O)cn4C)[C@H](C)O2)[C@H](C)[C@@H](OC2O[C@H](C)C[C@H](N(C)C)[C@@H]2O)C(C)(O)C[C@H](C)CN(C)[C@H](C)C2OC(=O)OC21C. The number of nitrogens with zero attached hydrogens (tertiary/aromatic N) is 3. The van der Waals surface area contributed by atoms with Crippen LogP contribution in [0, 0.1) is 17.8 Å². The van der Waals surface area contributed by atoms with Crippen LogP contribution in [0.15, 0.2) is 29.2 Å². The van der Waals surface area contributed by atoms with Crippen LogP contribution in [0.1, 0.15) is 124 Å². The van der Waals surface area contributed by atoms with Crippen LogP contribution in [0.3, 0.4) is 0 Å². The molecule has 0 amide bonds. The molecular formula is C56H88N4O17. The van der Waals surface area contributed by atoms with Gasteiger partial charge in [0.1, 0.15) is 23.4 Å². The number of likely N-dealkylation sites (N-methyl/N-ethyl adjacent to an activating group) is 2. The van der Waals surface area contributed by atoms with Crippen molar-refractivity contribution < 1.29 is 77.1 Å². The summed E-state index contributed by atoms with van der Waals surface area (Å²) in [4.78, 5) is 69.7. The van der Waals surface area contributed by atoms with Gasteiger partial charge in [-0.25, -0.2) is 9.59 Å². The molecule has 4 N–H and O–H groups in total. The highest BCUT2D eigenvalue weighted by molar-refractivity contribution is 5.92. The van der Waals surface area contributed by atoms with Gasteiger partial charge < -0.3 is 72.7 Å². The molecule has 0 spiro atoms. The number of fused-ring (bicyclic) bond motifs is 2. The Morgan fingerprint density at radius 1 is 0.948 bits per heavy atom. The Balaban J connectivity index is 1.20. The number of cyclic esters (lactones) is 1. The predicted octanol–water partition coefficient (Wildman–Crippen LogP) is 4.80. The fraction of sp³-hybridized carbons (Fsp3) is 0.768. The molecular weight excluding hydrogens is 1000 g/mol. The first kappa shape index (κ1) is 61.9. The van der Waals surface area contributed by atoms with Gasteiger partial charge in [0.15, 0.2) is 30.4 Å². The van der Waals surface area contributed by atoms with Gasteiger partial charge in [0, 0.05) is 63.3 Å². The van der Waals surface area contributed by atoms with E-state index in [9.17, 15) is 39.3 Å². The van der Waals surface area contributed by atoms with Gasteiger partial charge >= 0.3 is 24.1 Å². The number of esters is 2. The summed E-state index contributed by atoms with van der Waals surface area (Å²) in [5.74, 6) is -4.51. The monoisotopic (exact) mass is 1090 g/mol. The van der Waals surface area contributed by atoms with Crippen LogP contribution in [-0.4, -0.2) is 192 Å². The summed E-state index contributed by atoms with van der Waals surface area (Å²) in [6, 6.07) is 4.73. The lowest BCUT2D eigenvalue weighted by atomic mass is 9.77. The second-order valence-corrected chi connectivity index (χ2v) is 23.3. The third-order valence-corrected chi connectivity index (χ3v) is 16.7. The molecule has 4 saturated heterocycles. The maximum atomic E-state index is 14.8.